The maximum absolute atomic E-state index is 12.7. The van der Waals surface area contributed by atoms with Crippen LogP contribution in [0.2, 0.25) is 0 Å². The lowest BCUT2D eigenvalue weighted by atomic mass is 10.1. The van der Waals surface area contributed by atoms with Gasteiger partial charge in [0.2, 0.25) is 5.91 Å². The first-order valence-corrected chi connectivity index (χ1v) is 10.8. The van der Waals surface area contributed by atoms with Crippen LogP contribution in [0.15, 0.2) is 48.5 Å². The van der Waals surface area contributed by atoms with E-state index in [1.807, 2.05) is 39.8 Å². The minimum absolute atomic E-state index is 0.0165. The zero-order valence-corrected chi connectivity index (χ0v) is 18.8. The molecule has 0 spiro atoms. The Bertz CT molecular complexity index is 888. The molecule has 0 aliphatic carbocycles. The van der Waals surface area contributed by atoms with Gasteiger partial charge in [-0.1, -0.05) is 12.1 Å². The van der Waals surface area contributed by atoms with Gasteiger partial charge in [0.15, 0.2) is 0 Å². The summed E-state index contributed by atoms with van der Waals surface area (Å²) in [6.07, 6.45) is 0. The average Bonchev–Trinajstić information content (AvgIpc) is 2.80. The fraction of sp³-hybridized carbons (Fsp3) is 0.375. The van der Waals surface area contributed by atoms with Gasteiger partial charge >= 0.3 is 0 Å². The Morgan fingerprint density at radius 3 is 1.87 bits per heavy atom. The Kier molecular flexibility index (Phi) is 9.06. The third kappa shape index (κ3) is 6.31. The van der Waals surface area contributed by atoms with E-state index in [-0.39, 0.29) is 24.3 Å². The van der Waals surface area contributed by atoms with Crippen LogP contribution in [0.3, 0.4) is 0 Å². The van der Waals surface area contributed by atoms with Crippen LogP contribution < -0.4 is 10.6 Å². The number of nitrogens with one attached hydrogen (secondary N) is 2. The summed E-state index contributed by atoms with van der Waals surface area (Å²) >= 11 is 0. The number of para-hydroxylation sites is 1. The number of nitrogens with zero attached hydrogens (tertiary/aromatic N) is 2. The van der Waals surface area contributed by atoms with Crippen LogP contribution in [-0.2, 0) is 4.79 Å². The van der Waals surface area contributed by atoms with Crippen molar-refractivity contribution in [1.82, 2.24) is 9.80 Å². The molecule has 0 bridgehead atoms. The van der Waals surface area contributed by atoms with E-state index in [0.29, 0.717) is 48.7 Å². The van der Waals surface area contributed by atoms with Gasteiger partial charge in [0.1, 0.15) is 0 Å². The summed E-state index contributed by atoms with van der Waals surface area (Å²) < 4.78 is 0. The van der Waals surface area contributed by atoms with Crippen molar-refractivity contribution in [3.8, 4) is 0 Å². The summed E-state index contributed by atoms with van der Waals surface area (Å²) in [6.45, 7) is 10.3. The molecule has 7 nitrogen and oxygen atoms in total. The minimum Gasteiger partial charge on any atom is -0.376 e. The van der Waals surface area contributed by atoms with E-state index in [1.54, 1.807) is 46.2 Å². The lowest BCUT2D eigenvalue weighted by Gasteiger charge is -2.20. The topological polar surface area (TPSA) is 81.8 Å². The van der Waals surface area contributed by atoms with E-state index in [0.717, 1.165) is 0 Å². The number of hydrogen-bond acceptors (Lipinski definition) is 4. The second-order valence-corrected chi connectivity index (χ2v) is 6.98. The van der Waals surface area contributed by atoms with Crippen molar-refractivity contribution in [2.45, 2.75) is 27.7 Å². The van der Waals surface area contributed by atoms with Crippen molar-refractivity contribution in [3.63, 3.8) is 0 Å². The number of rotatable bonds is 10. The van der Waals surface area contributed by atoms with Crippen molar-refractivity contribution in [3.05, 3.63) is 59.7 Å². The molecule has 0 heterocycles. The van der Waals surface area contributed by atoms with Crippen molar-refractivity contribution in [2.24, 2.45) is 0 Å². The molecule has 0 aromatic heterocycles. The number of benzene rings is 2. The summed E-state index contributed by atoms with van der Waals surface area (Å²) in [7, 11) is 0. The van der Waals surface area contributed by atoms with Gasteiger partial charge in [0.25, 0.3) is 11.8 Å². The largest absolute Gasteiger partial charge is 0.376 e. The molecule has 0 saturated heterocycles. The highest BCUT2D eigenvalue weighted by Gasteiger charge is 2.17. The van der Waals surface area contributed by atoms with Crippen LogP contribution in [0.25, 0.3) is 0 Å². The molecule has 0 fully saturated rings. The van der Waals surface area contributed by atoms with Crippen LogP contribution in [0.4, 0.5) is 11.4 Å². The molecule has 3 amide bonds. The van der Waals surface area contributed by atoms with Crippen LogP contribution in [0.5, 0.6) is 0 Å². The highest BCUT2D eigenvalue weighted by atomic mass is 16.2. The SMILES string of the molecule is CCN(CC)C(=O)c1ccc(NC(=O)CNc2ccccc2C(=O)N(CC)CC)cc1. The van der Waals surface area contributed by atoms with Crippen molar-refractivity contribution in [2.75, 3.05) is 43.4 Å². The summed E-state index contributed by atoms with van der Waals surface area (Å²) in [4.78, 5) is 40.9. The molecule has 0 radical (unpaired) electrons. The zero-order chi connectivity index (χ0) is 22.8. The van der Waals surface area contributed by atoms with Crippen LogP contribution >= 0.6 is 0 Å². The normalized spacial score (nSPS) is 10.3. The van der Waals surface area contributed by atoms with E-state index in [9.17, 15) is 14.4 Å². The van der Waals surface area contributed by atoms with E-state index in [1.165, 1.54) is 0 Å². The van der Waals surface area contributed by atoms with Crippen LogP contribution in [0, 0.1) is 0 Å². The van der Waals surface area contributed by atoms with Gasteiger partial charge < -0.3 is 20.4 Å². The Hall–Kier alpha value is -3.35. The first kappa shape index (κ1) is 23.9. The maximum atomic E-state index is 12.7. The Morgan fingerprint density at radius 1 is 0.742 bits per heavy atom. The van der Waals surface area contributed by atoms with Gasteiger partial charge in [-0.15, -0.1) is 0 Å². The average molecular weight is 425 g/mol. The lowest BCUT2D eigenvalue weighted by molar-refractivity contribution is -0.114. The third-order valence-electron chi connectivity index (χ3n) is 5.11. The molecule has 2 aromatic rings. The van der Waals surface area contributed by atoms with Gasteiger partial charge in [0, 0.05) is 43.1 Å². The van der Waals surface area contributed by atoms with Crippen molar-refractivity contribution in [1.29, 1.82) is 0 Å². The van der Waals surface area contributed by atoms with E-state index in [4.69, 9.17) is 0 Å². The van der Waals surface area contributed by atoms with Gasteiger partial charge in [0.05, 0.1) is 12.1 Å². The molecule has 31 heavy (non-hydrogen) atoms. The van der Waals surface area contributed by atoms with Crippen molar-refractivity contribution >= 4 is 29.1 Å². The molecular weight excluding hydrogens is 392 g/mol. The molecular formula is C24H32N4O3. The molecule has 0 unspecified atom stereocenters. The predicted molar refractivity (Wildman–Crippen MR) is 125 cm³/mol. The van der Waals surface area contributed by atoms with Gasteiger partial charge in [-0.25, -0.2) is 0 Å². The monoisotopic (exact) mass is 424 g/mol. The lowest BCUT2D eigenvalue weighted by Crippen LogP contribution is -2.31. The molecule has 166 valence electrons. The highest BCUT2D eigenvalue weighted by molar-refractivity contribution is 6.01. The smallest absolute Gasteiger partial charge is 0.255 e. The minimum atomic E-state index is -0.243. The Labute approximate surface area is 184 Å². The quantitative estimate of drug-likeness (QED) is 0.609. The number of anilines is 2. The second kappa shape index (κ2) is 11.7. The number of carbonyl (C=O) groups excluding carboxylic acids is 3. The summed E-state index contributed by atoms with van der Waals surface area (Å²) in [6, 6.07) is 14.0. The molecule has 2 N–H and O–H groups in total. The second-order valence-electron chi connectivity index (χ2n) is 6.98. The first-order chi connectivity index (χ1) is 14.9. The highest BCUT2D eigenvalue weighted by Crippen LogP contribution is 2.17. The molecule has 7 heteroatoms. The number of carbonyl (C=O) groups is 3. The fourth-order valence-corrected chi connectivity index (χ4v) is 3.28. The van der Waals surface area contributed by atoms with Crippen LogP contribution in [0.1, 0.15) is 48.4 Å². The van der Waals surface area contributed by atoms with Gasteiger partial charge in [-0.3, -0.25) is 14.4 Å². The standard InChI is InChI=1S/C24H32N4O3/c1-5-27(6-2)23(30)18-13-15-19(16-14-18)26-22(29)17-25-21-12-10-9-11-20(21)24(31)28(7-3)8-4/h9-16,25H,5-8,17H2,1-4H3,(H,26,29). The first-order valence-electron chi connectivity index (χ1n) is 10.8. The summed E-state index contributed by atoms with van der Waals surface area (Å²) in [5.41, 5.74) is 2.35. The maximum Gasteiger partial charge on any atom is 0.255 e. The summed E-state index contributed by atoms with van der Waals surface area (Å²) in [5, 5.41) is 5.86. The van der Waals surface area contributed by atoms with Gasteiger partial charge in [-0.2, -0.15) is 0 Å². The number of amides is 3. The third-order valence-corrected chi connectivity index (χ3v) is 5.11. The fourth-order valence-electron chi connectivity index (χ4n) is 3.28. The van der Waals surface area contributed by atoms with E-state index >= 15 is 0 Å². The van der Waals surface area contributed by atoms with Gasteiger partial charge in [-0.05, 0) is 64.1 Å². The Balaban J connectivity index is 1.99. The zero-order valence-electron chi connectivity index (χ0n) is 18.8. The molecule has 0 saturated carbocycles. The van der Waals surface area contributed by atoms with E-state index in [2.05, 4.69) is 10.6 Å². The summed E-state index contributed by atoms with van der Waals surface area (Å²) in [5.74, 6) is -0.339. The molecule has 0 atom stereocenters. The van der Waals surface area contributed by atoms with Crippen molar-refractivity contribution < 1.29 is 14.4 Å². The molecule has 2 rings (SSSR count). The van der Waals surface area contributed by atoms with E-state index < -0.39 is 0 Å². The molecule has 2 aromatic carbocycles. The predicted octanol–water partition coefficient (Wildman–Crippen LogP) is 3.70. The molecule has 0 aliphatic heterocycles. The Morgan fingerprint density at radius 2 is 1.29 bits per heavy atom. The van der Waals surface area contributed by atoms with Crippen LogP contribution in [-0.4, -0.2) is 60.2 Å². The molecule has 0 aliphatic rings. The number of hydrogen-bond donors (Lipinski definition) is 2.